The van der Waals surface area contributed by atoms with E-state index in [4.69, 9.17) is 0 Å². The molecule has 1 aromatic carbocycles. The third-order valence-corrected chi connectivity index (χ3v) is 4.76. The van der Waals surface area contributed by atoms with Crippen LogP contribution in [0.2, 0.25) is 0 Å². The molecule has 1 fully saturated rings. The normalized spacial score (nSPS) is 26.8. The molecule has 2 aliphatic rings. The maximum absolute atomic E-state index is 12.6. The van der Waals surface area contributed by atoms with Crippen LogP contribution in [0.25, 0.3) is 0 Å². The van der Waals surface area contributed by atoms with Gasteiger partial charge in [0, 0.05) is 18.0 Å². The van der Waals surface area contributed by atoms with Gasteiger partial charge < -0.3 is 5.32 Å². The van der Waals surface area contributed by atoms with E-state index in [1.54, 1.807) is 0 Å². The van der Waals surface area contributed by atoms with E-state index in [2.05, 4.69) is 24.4 Å². The van der Waals surface area contributed by atoms with Crippen LogP contribution in [0.15, 0.2) is 18.2 Å². The van der Waals surface area contributed by atoms with Crippen LogP contribution in [0.5, 0.6) is 0 Å². The molecule has 1 aromatic rings. The molecule has 2 heteroatoms. The third-order valence-electron chi connectivity index (χ3n) is 4.76. The first-order valence-corrected chi connectivity index (χ1v) is 7.61. The molecular formula is C17H23NO. The Hall–Kier alpha value is -1.15. The molecule has 0 aromatic heterocycles. The van der Waals surface area contributed by atoms with Crippen molar-refractivity contribution in [2.75, 3.05) is 6.54 Å². The van der Waals surface area contributed by atoms with Crippen LogP contribution in [0.4, 0.5) is 0 Å². The quantitative estimate of drug-likeness (QED) is 0.823. The van der Waals surface area contributed by atoms with E-state index in [0.717, 1.165) is 43.8 Å². The second kappa shape index (κ2) is 5.46. The lowest BCUT2D eigenvalue weighted by atomic mass is 9.79. The number of carbonyl (C=O) groups excluding carboxylic acids is 1. The molecule has 102 valence electrons. The van der Waals surface area contributed by atoms with Gasteiger partial charge in [-0.1, -0.05) is 31.9 Å². The maximum atomic E-state index is 12.6. The number of rotatable bonds is 2. The number of carbonyl (C=O) groups is 1. The van der Waals surface area contributed by atoms with Crippen molar-refractivity contribution in [3.63, 3.8) is 0 Å². The minimum atomic E-state index is 0.269. The molecular weight excluding hydrogens is 234 g/mol. The predicted octanol–water partition coefficient (Wildman–Crippen LogP) is 3.34. The van der Waals surface area contributed by atoms with Gasteiger partial charge in [-0.2, -0.15) is 0 Å². The Kier molecular flexibility index (Phi) is 3.69. The Balaban J connectivity index is 1.76. The van der Waals surface area contributed by atoms with Gasteiger partial charge in [0.15, 0.2) is 5.78 Å². The Labute approximate surface area is 115 Å². The molecule has 1 aliphatic carbocycles. The minimum Gasteiger partial charge on any atom is -0.312 e. The first kappa shape index (κ1) is 12.9. The van der Waals surface area contributed by atoms with Crippen molar-refractivity contribution < 1.29 is 4.79 Å². The van der Waals surface area contributed by atoms with E-state index in [0.29, 0.717) is 5.78 Å². The highest BCUT2D eigenvalue weighted by molar-refractivity contribution is 5.98. The van der Waals surface area contributed by atoms with Crippen molar-refractivity contribution in [3.05, 3.63) is 34.9 Å². The Morgan fingerprint density at radius 2 is 1.95 bits per heavy atom. The van der Waals surface area contributed by atoms with Gasteiger partial charge in [0.1, 0.15) is 0 Å². The summed E-state index contributed by atoms with van der Waals surface area (Å²) < 4.78 is 0. The van der Waals surface area contributed by atoms with Crippen molar-refractivity contribution in [3.8, 4) is 0 Å². The fourth-order valence-electron chi connectivity index (χ4n) is 3.39. The standard InChI is InChI=1S/C17H23NO/c1-12-2-4-14(5-3-12)17(19)15-7-6-13-8-9-18-11-16(13)10-15/h6-7,10,12,14,18H,2-5,8-9,11H2,1H3. The highest BCUT2D eigenvalue weighted by Crippen LogP contribution is 2.31. The lowest BCUT2D eigenvalue weighted by Crippen LogP contribution is -2.25. The van der Waals surface area contributed by atoms with Gasteiger partial charge in [-0.05, 0) is 48.9 Å². The molecule has 0 atom stereocenters. The second-order valence-corrected chi connectivity index (χ2v) is 6.23. The highest BCUT2D eigenvalue weighted by Gasteiger charge is 2.25. The van der Waals surface area contributed by atoms with Crippen LogP contribution < -0.4 is 5.32 Å². The van der Waals surface area contributed by atoms with Gasteiger partial charge in [-0.3, -0.25) is 4.79 Å². The lowest BCUT2D eigenvalue weighted by Gasteiger charge is -2.25. The summed E-state index contributed by atoms with van der Waals surface area (Å²) >= 11 is 0. The van der Waals surface area contributed by atoms with Crippen molar-refractivity contribution in [2.24, 2.45) is 11.8 Å². The zero-order chi connectivity index (χ0) is 13.2. The van der Waals surface area contributed by atoms with Crippen LogP contribution in [0, 0.1) is 11.8 Å². The monoisotopic (exact) mass is 257 g/mol. The molecule has 1 N–H and O–H groups in total. The summed E-state index contributed by atoms with van der Waals surface area (Å²) in [5, 5.41) is 3.38. The number of hydrogen-bond acceptors (Lipinski definition) is 2. The SMILES string of the molecule is CC1CCC(C(=O)c2ccc3c(c2)CNCC3)CC1. The van der Waals surface area contributed by atoms with E-state index < -0.39 is 0 Å². The summed E-state index contributed by atoms with van der Waals surface area (Å²) in [7, 11) is 0. The topological polar surface area (TPSA) is 29.1 Å². The summed E-state index contributed by atoms with van der Waals surface area (Å²) in [4.78, 5) is 12.6. The zero-order valence-corrected chi connectivity index (χ0v) is 11.7. The number of hydrogen-bond donors (Lipinski definition) is 1. The summed E-state index contributed by atoms with van der Waals surface area (Å²) in [5.74, 6) is 1.45. The van der Waals surface area contributed by atoms with E-state index >= 15 is 0 Å². The smallest absolute Gasteiger partial charge is 0.165 e. The number of benzene rings is 1. The average Bonchev–Trinajstić information content (AvgIpc) is 2.47. The maximum Gasteiger partial charge on any atom is 0.165 e. The van der Waals surface area contributed by atoms with Crippen molar-refractivity contribution in [1.29, 1.82) is 0 Å². The van der Waals surface area contributed by atoms with Crippen molar-refractivity contribution in [1.82, 2.24) is 5.32 Å². The average molecular weight is 257 g/mol. The molecule has 1 heterocycles. The fourth-order valence-corrected chi connectivity index (χ4v) is 3.39. The van der Waals surface area contributed by atoms with Crippen LogP contribution in [0.3, 0.4) is 0 Å². The molecule has 0 amide bonds. The number of Topliss-reactive ketones (excluding diaryl/α,β-unsaturated/α-hetero) is 1. The van der Waals surface area contributed by atoms with Gasteiger partial charge in [0.2, 0.25) is 0 Å². The van der Waals surface area contributed by atoms with Crippen LogP contribution in [0.1, 0.15) is 54.1 Å². The summed E-state index contributed by atoms with van der Waals surface area (Å²) in [6.45, 7) is 4.27. The molecule has 3 rings (SSSR count). The van der Waals surface area contributed by atoms with Crippen LogP contribution in [-0.4, -0.2) is 12.3 Å². The molecule has 0 saturated heterocycles. The highest BCUT2D eigenvalue weighted by atomic mass is 16.1. The molecule has 0 bridgehead atoms. The van der Waals surface area contributed by atoms with Gasteiger partial charge in [-0.15, -0.1) is 0 Å². The molecule has 0 radical (unpaired) electrons. The zero-order valence-electron chi connectivity index (χ0n) is 11.7. The first-order chi connectivity index (χ1) is 9.24. The first-order valence-electron chi connectivity index (χ1n) is 7.61. The molecule has 2 nitrogen and oxygen atoms in total. The summed E-state index contributed by atoms with van der Waals surface area (Å²) in [6, 6.07) is 6.33. The number of fused-ring (bicyclic) bond motifs is 1. The fraction of sp³-hybridized carbons (Fsp3) is 0.588. The summed E-state index contributed by atoms with van der Waals surface area (Å²) in [6.07, 6.45) is 5.67. The number of ketones is 1. The minimum absolute atomic E-state index is 0.269. The molecule has 0 unspecified atom stereocenters. The number of nitrogens with one attached hydrogen (secondary N) is 1. The van der Waals surface area contributed by atoms with Crippen molar-refractivity contribution >= 4 is 5.78 Å². The van der Waals surface area contributed by atoms with Gasteiger partial charge >= 0.3 is 0 Å². The lowest BCUT2D eigenvalue weighted by molar-refractivity contribution is 0.0875. The van der Waals surface area contributed by atoms with Gasteiger partial charge in [-0.25, -0.2) is 0 Å². The van der Waals surface area contributed by atoms with Gasteiger partial charge in [0.25, 0.3) is 0 Å². The molecule has 1 aliphatic heterocycles. The molecule has 1 saturated carbocycles. The van der Waals surface area contributed by atoms with E-state index in [-0.39, 0.29) is 5.92 Å². The van der Waals surface area contributed by atoms with E-state index in [9.17, 15) is 4.79 Å². The van der Waals surface area contributed by atoms with Crippen molar-refractivity contribution in [2.45, 2.75) is 45.6 Å². The van der Waals surface area contributed by atoms with Crippen LogP contribution in [-0.2, 0) is 13.0 Å². The van der Waals surface area contributed by atoms with E-state index in [1.807, 2.05) is 6.07 Å². The third kappa shape index (κ3) is 2.74. The Morgan fingerprint density at radius 1 is 1.16 bits per heavy atom. The largest absolute Gasteiger partial charge is 0.312 e. The van der Waals surface area contributed by atoms with Crippen LogP contribution >= 0.6 is 0 Å². The molecule has 19 heavy (non-hydrogen) atoms. The predicted molar refractivity (Wildman–Crippen MR) is 77.3 cm³/mol. The molecule has 0 spiro atoms. The summed E-state index contributed by atoms with van der Waals surface area (Å²) in [5.41, 5.74) is 3.66. The Bertz CT molecular complexity index is 472. The van der Waals surface area contributed by atoms with Gasteiger partial charge in [0.05, 0.1) is 0 Å². The Morgan fingerprint density at radius 3 is 2.74 bits per heavy atom. The van der Waals surface area contributed by atoms with E-state index in [1.165, 1.54) is 24.0 Å². The second-order valence-electron chi connectivity index (χ2n) is 6.23.